The first-order valence-corrected chi connectivity index (χ1v) is 7.66. The normalized spacial score (nSPS) is 23.1. The Morgan fingerprint density at radius 3 is 2.70 bits per heavy atom. The summed E-state index contributed by atoms with van der Waals surface area (Å²) in [4.78, 5) is 8.92. The highest BCUT2D eigenvalue weighted by Crippen LogP contribution is 2.27. The highest BCUT2D eigenvalue weighted by molar-refractivity contribution is 5.45. The van der Waals surface area contributed by atoms with Gasteiger partial charge in [-0.3, -0.25) is 0 Å². The van der Waals surface area contributed by atoms with Crippen molar-refractivity contribution in [2.24, 2.45) is 11.8 Å². The van der Waals surface area contributed by atoms with Gasteiger partial charge < -0.3 is 10.1 Å². The minimum atomic E-state index is 0.362. The van der Waals surface area contributed by atoms with Crippen molar-refractivity contribution in [3.63, 3.8) is 0 Å². The van der Waals surface area contributed by atoms with Gasteiger partial charge in [0.15, 0.2) is 0 Å². The van der Waals surface area contributed by atoms with E-state index in [0.717, 1.165) is 42.5 Å². The second-order valence-electron chi connectivity index (χ2n) is 6.19. The van der Waals surface area contributed by atoms with E-state index in [1.54, 1.807) is 0 Å². The van der Waals surface area contributed by atoms with E-state index in [9.17, 15) is 0 Å². The molecular formula is C16H27N3O. The number of hydrogen-bond donors (Lipinski definition) is 1. The van der Waals surface area contributed by atoms with E-state index in [4.69, 9.17) is 4.74 Å². The molecule has 0 aliphatic carbocycles. The fraction of sp³-hybridized carbons (Fsp3) is 0.750. The van der Waals surface area contributed by atoms with Crippen LogP contribution in [0.4, 0.5) is 5.82 Å². The molecule has 4 nitrogen and oxygen atoms in total. The molecule has 2 atom stereocenters. The van der Waals surface area contributed by atoms with Gasteiger partial charge in [-0.25, -0.2) is 9.97 Å². The van der Waals surface area contributed by atoms with E-state index >= 15 is 0 Å². The number of nitrogens with one attached hydrogen (secondary N) is 1. The van der Waals surface area contributed by atoms with Crippen molar-refractivity contribution in [2.75, 3.05) is 18.5 Å². The van der Waals surface area contributed by atoms with Gasteiger partial charge in [-0.15, -0.1) is 0 Å². The number of aromatic nitrogens is 2. The van der Waals surface area contributed by atoms with Gasteiger partial charge in [-0.1, -0.05) is 13.8 Å². The quantitative estimate of drug-likeness (QED) is 0.917. The molecule has 0 radical (unpaired) electrons. The Morgan fingerprint density at radius 1 is 1.25 bits per heavy atom. The van der Waals surface area contributed by atoms with Gasteiger partial charge in [0.05, 0.1) is 6.10 Å². The van der Waals surface area contributed by atoms with E-state index in [-0.39, 0.29) is 0 Å². The molecule has 112 valence electrons. The highest BCUT2D eigenvalue weighted by Gasteiger charge is 2.28. The van der Waals surface area contributed by atoms with Crippen molar-refractivity contribution >= 4 is 5.82 Å². The molecular weight excluding hydrogens is 250 g/mol. The monoisotopic (exact) mass is 277 g/mol. The molecule has 0 amide bonds. The number of anilines is 1. The first-order chi connectivity index (χ1) is 9.49. The number of nitrogens with zero attached hydrogens (tertiary/aromatic N) is 2. The lowest BCUT2D eigenvalue weighted by Gasteiger charge is -2.34. The largest absolute Gasteiger partial charge is 0.378 e. The maximum Gasteiger partial charge on any atom is 0.132 e. The Hall–Kier alpha value is -1.16. The minimum absolute atomic E-state index is 0.362. The van der Waals surface area contributed by atoms with E-state index < -0.39 is 0 Å². The third-order valence-electron chi connectivity index (χ3n) is 4.18. The summed E-state index contributed by atoms with van der Waals surface area (Å²) in [6, 6.07) is 0. The Balaban J connectivity index is 2.04. The molecule has 0 spiro atoms. The molecule has 1 aromatic rings. The van der Waals surface area contributed by atoms with Crippen molar-refractivity contribution in [1.29, 1.82) is 0 Å². The van der Waals surface area contributed by atoms with Crippen LogP contribution in [0.2, 0.25) is 0 Å². The summed E-state index contributed by atoms with van der Waals surface area (Å²) in [5.74, 6) is 2.94. The van der Waals surface area contributed by atoms with Crippen LogP contribution in [0.5, 0.6) is 0 Å². The third-order valence-corrected chi connectivity index (χ3v) is 4.18. The zero-order valence-electron chi connectivity index (χ0n) is 13.4. The van der Waals surface area contributed by atoms with E-state index in [2.05, 4.69) is 36.1 Å². The molecule has 4 heteroatoms. The summed E-state index contributed by atoms with van der Waals surface area (Å²) in [5.41, 5.74) is 2.20. The molecule has 0 aromatic carbocycles. The standard InChI is InChI=1S/C16H27N3O/c1-10(2)15-14(7-6-8-20-15)9-17-16-11(3)12(4)18-13(5)19-16/h10,14-15H,6-9H2,1-5H3,(H,17,18,19). The van der Waals surface area contributed by atoms with Crippen molar-refractivity contribution in [2.45, 2.75) is 53.6 Å². The molecule has 1 aromatic heterocycles. The van der Waals surface area contributed by atoms with Crippen molar-refractivity contribution in [1.82, 2.24) is 9.97 Å². The summed E-state index contributed by atoms with van der Waals surface area (Å²) in [7, 11) is 0. The summed E-state index contributed by atoms with van der Waals surface area (Å²) >= 11 is 0. The molecule has 20 heavy (non-hydrogen) atoms. The summed E-state index contributed by atoms with van der Waals surface area (Å²) in [5, 5.41) is 3.52. The fourth-order valence-corrected chi connectivity index (χ4v) is 2.99. The third kappa shape index (κ3) is 3.48. The Morgan fingerprint density at radius 2 is 2.00 bits per heavy atom. The molecule has 2 unspecified atom stereocenters. The van der Waals surface area contributed by atoms with Crippen LogP contribution < -0.4 is 5.32 Å². The molecule has 0 bridgehead atoms. The Bertz CT molecular complexity index is 459. The van der Waals surface area contributed by atoms with Gasteiger partial charge in [0.1, 0.15) is 11.6 Å². The van der Waals surface area contributed by atoms with Gasteiger partial charge in [0.2, 0.25) is 0 Å². The maximum absolute atomic E-state index is 5.95. The van der Waals surface area contributed by atoms with Gasteiger partial charge in [0, 0.05) is 30.3 Å². The fourth-order valence-electron chi connectivity index (χ4n) is 2.99. The molecule has 1 saturated heterocycles. The number of ether oxygens (including phenoxy) is 1. The first kappa shape index (κ1) is 15.2. The van der Waals surface area contributed by atoms with Crippen LogP contribution in [-0.4, -0.2) is 29.2 Å². The van der Waals surface area contributed by atoms with Crippen LogP contribution in [0.25, 0.3) is 0 Å². The number of rotatable bonds is 4. The van der Waals surface area contributed by atoms with E-state index in [1.165, 1.54) is 6.42 Å². The smallest absolute Gasteiger partial charge is 0.132 e. The van der Waals surface area contributed by atoms with Crippen LogP contribution in [0.1, 0.15) is 43.8 Å². The van der Waals surface area contributed by atoms with Crippen LogP contribution in [0.15, 0.2) is 0 Å². The second-order valence-corrected chi connectivity index (χ2v) is 6.19. The topological polar surface area (TPSA) is 47.0 Å². The van der Waals surface area contributed by atoms with E-state index in [1.807, 2.05) is 13.8 Å². The lowest BCUT2D eigenvalue weighted by Crippen LogP contribution is -2.37. The summed E-state index contributed by atoms with van der Waals surface area (Å²) in [6.07, 6.45) is 2.76. The lowest BCUT2D eigenvalue weighted by molar-refractivity contribution is -0.0481. The van der Waals surface area contributed by atoms with Crippen molar-refractivity contribution in [3.8, 4) is 0 Å². The zero-order valence-corrected chi connectivity index (χ0v) is 13.4. The Labute approximate surface area is 122 Å². The van der Waals surface area contributed by atoms with Crippen LogP contribution in [0.3, 0.4) is 0 Å². The van der Waals surface area contributed by atoms with Crippen molar-refractivity contribution < 1.29 is 4.74 Å². The average Bonchev–Trinajstić information content (AvgIpc) is 2.41. The zero-order chi connectivity index (χ0) is 14.7. The molecule has 1 aliphatic rings. The predicted octanol–water partition coefficient (Wildman–Crippen LogP) is 3.26. The first-order valence-electron chi connectivity index (χ1n) is 7.66. The number of aryl methyl sites for hydroxylation is 2. The molecule has 0 saturated carbocycles. The van der Waals surface area contributed by atoms with Gasteiger partial charge in [0.25, 0.3) is 0 Å². The van der Waals surface area contributed by atoms with Crippen LogP contribution >= 0.6 is 0 Å². The van der Waals surface area contributed by atoms with Gasteiger partial charge in [-0.05, 0) is 39.5 Å². The van der Waals surface area contributed by atoms with Crippen molar-refractivity contribution in [3.05, 3.63) is 17.1 Å². The SMILES string of the molecule is Cc1nc(C)c(C)c(NCC2CCCOC2C(C)C)n1. The summed E-state index contributed by atoms with van der Waals surface area (Å²) < 4.78 is 5.95. The Kier molecular flexibility index (Phi) is 4.97. The molecule has 1 N–H and O–H groups in total. The van der Waals surface area contributed by atoms with Gasteiger partial charge >= 0.3 is 0 Å². The molecule has 1 fully saturated rings. The average molecular weight is 277 g/mol. The molecule has 2 rings (SSSR count). The van der Waals surface area contributed by atoms with Gasteiger partial charge in [-0.2, -0.15) is 0 Å². The second kappa shape index (κ2) is 6.53. The predicted molar refractivity (Wildman–Crippen MR) is 82.0 cm³/mol. The molecule has 2 heterocycles. The number of hydrogen-bond acceptors (Lipinski definition) is 4. The minimum Gasteiger partial charge on any atom is -0.378 e. The summed E-state index contributed by atoms with van der Waals surface area (Å²) in [6.45, 7) is 12.4. The lowest BCUT2D eigenvalue weighted by atomic mass is 9.87. The maximum atomic E-state index is 5.95. The van der Waals surface area contributed by atoms with Crippen LogP contribution in [-0.2, 0) is 4.74 Å². The highest BCUT2D eigenvalue weighted by atomic mass is 16.5. The molecule has 1 aliphatic heterocycles. The van der Waals surface area contributed by atoms with E-state index in [0.29, 0.717) is 17.9 Å². The van der Waals surface area contributed by atoms with Crippen LogP contribution in [0, 0.1) is 32.6 Å².